The van der Waals surface area contributed by atoms with E-state index < -0.39 is 5.97 Å². The van der Waals surface area contributed by atoms with Crippen molar-refractivity contribution in [2.45, 2.75) is 45.8 Å². The van der Waals surface area contributed by atoms with Crippen LogP contribution in [0.2, 0.25) is 5.02 Å². The van der Waals surface area contributed by atoms with Crippen LogP contribution >= 0.6 is 11.6 Å². The lowest BCUT2D eigenvalue weighted by molar-refractivity contribution is -0.136. The number of rotatable bonds is 12. The Morgan fingerprint density at radius 1 is 0.973 bits per heavy atom. The molecule has 0 radical (unpaired) electrons. The summed E-state index contributed by atoms with van der Waals surface area (Å²) in [5, 5.41) is 14.8. The molecular formula is C30H31ClN2O4. The lowest BCUT2D eigenvalue weighted by Crippen LogP contribution is -2.03. The Hall–Kier alpha value is -3.77. The lowest BCUT2D eigenvalue weighted by atomic mass is 10.0. The molecule has 0 aliphatic carbocycles. The van der Waals surface area contributed by atoms with Gasteiger partial charge in [-0.2, -0.15) is 5.10 Å². The summed E-state index contributed by atoms with van der Waals surface area (Å²) in [7, 11) is 1.67. The van der Waals surface area contributed by atoms with Crippen molar-refractivity contribution in [3.8, 4) is 34.0 Å². The molecule has 1 aromatic heterocycles. The van der Waals surface area contributed by atoms with Gasteiger partial charge in [-0.3, -0.25) is 9.48 Å². The Balaban J connectivity index is 1.76. The molecule has 0 amide bonds. The largest absolute Gasteiger partial charge is 0.496 e. The number of carbonyl (C=O) groups is 1. The fourth-order valence-corrected chi connectivity index (χ4v) is 4.41. The van der Waals surface area contributed by atoms with Crippen LogP contribution in [0.5, 0.6) is 11.5 Å². The van der Waals surface area contributed by atoms with E-state index >= 15 is 0 Å². The van der Waals surface area contributed by atoms with E-state index in [4.69, 9.17) is 26.2 Å². The van der Waals surface area contributed by atoms with Crippen molar-refractivity contribution in [1.82, 2.24) is 9.78 Å². The molecule has 6 nitrogen and oxygen atoms in total. The Bertz CT molecular complexity index is 1370. The van der Waals surface area contributed by atoms with Crippen molar-refractivity contribution < 1.29 is 19.4 Å². The van der Waals surface area contributed by atoms with Crippen LogP contribution in [0.1, 0.15) is 37.3 Å². The first kappa shape index (κ1) is 26.3. The fraction of sp³-hybridized carbons (Fsp3) is 0.267. The summed E-state index contributed by atoms with van der Waals surface area (Å²) in [6.45, 7) is 3.26. The highest BCUT2D eigenvalue weighted by atomic mass is 35.5. The van der Waals surface area contributed by atoms with Gasteiger partial charge in [-0.1, -0.05) is 55.3 Å². The van der Waals surface area contributed by atoms with Crippen molar-refractivity contribution >= 4 is 17.6 Å². The zero-order chi connectivity index (χ0) is 26.2. The van der Waals surface area contributed by atoms with E-state index in [1.54, 1.807) is 7.11 Å². The number of benzene rings is 3. The van der Waals surface area contributed by atoms with Gasteiger partial charge in [0.15, 0.2) is 0 Å². The molecule has 1 heterocycles. The second kappa shape index (κ2) is 12.5. The first-order chi connectivity index (χ1) is 18.0. The summed E-state index contributed by atoms with van der Waals surface area (Å²) >= 11 is 6.15. The van der Waals surface area contributed by atoms with Gasteiger partial charge in [-0.05, 0) is 66.4 Å². The molecule has 0 spiro atoms. The maximum Gasteiger partial charge on any atom is 0.303 e. The predicted molar refractivity (Wildman–Crippen MR) is 146 cm³/mol. The first-order valence-corrected chi connectivity index (χ1v) is 12.8. The first-order valence-electron chi connectivity index (χ1n) is 12.4. The van der Waals surface area contributed by atoms with Crippen LogP contribution in [0.3, 0.4) is 0 Å². The van der Waals surface area contributed by atoms with Crippen molar-refractivity contribution in [2.24, 2.45) is 0 Å². The van der Waals surface area contributed by atoms with Crippen LogP contribution < -0.4 is 9.47 Å². The van der Waals surface area contributed by atoms with Gasteiger partial charge >= 0.3 is 5.97 Å². The van der Waals surface area contributed by atoms with Crippen LogP contribution in [0, 0.1) is 0 Å². The van der Waals surface area contributed by atoms with Crippen molar-refractivity contribution in [3.63, 3.8) is 0 Å². The zero-order valence-electron chi connectivity index (χ0n) is 21.1. The number of aliphatic carboxylic acids is 1. The summed E-state index contributed by atoms with van der Waals surface area (Å²) in [5.41, 5.74) is 5.36. The van der Waals surface area contributed by atoms with Gasteiger partial charge in [-0.15, -0.1) is 0 Å². The summed E-state index contributed by atoms with van der Waals surface area (Å²) in [5.74, 6) is 0.621. The third kappa shape index (κ3) is 6.71. The molecule has 0 atom stereocenters. The van der Waals surface area contributed by atoms with Crippen LogP contribution in [-0.2, 0) is 24.4 Å². The molecule has 37 heavy (non-hydrogen) atoms. The zero-order valence-corrected chi connectivity index (χ0v) is 21.9. The van der Waals surface area contributed by atoms with E-state index in [-0.39, 0.29) is 6.42 Å². The average molecular weight is 519 g/mol. The van der Waals surface area contributed by atoms with Gasteiger partial charge < -0.3 is 14.6 Å². The number of hydrogen-bond donors (Lipinski definition) is 1. The molecule has 0 saturated heterocycles. The third-order valence-electron chi connectivity index (χ3n) is 6.12. The van der Waals surface area contributed by atoms with E-state index in [2.05, 4.69) is 13.0 Å². The van der Waals surface area contributed by atoms with Gasteiger partial charge in [0, 0.05) is 29.1 Å². The maximum atomic E-state index is 11.2. The molecule has 7 heteroatoms. The molecule has 1 N–H and O–H groups in total. The van der Waals surface area contributed by atoms with Gasteiger partial charge in [0.25, 0.3) is 0 Å². The number of hydrogen-bond acceptors (Lipinski definition) is 4. The van der Waals surface area contributed by atoms with Gasteiger partial charge in [0.2, 0.25) is 0 Å². The van der Waals surface area contributed by atoms with Gasteiger partial charge in [-0.25, -0.2) is 0 Å². The van der Waals surface area contributed by atoms with E-state index in [1.807, 2.05) is 71.4 Å². The van der Waals surface area contributed by atoms with Crippen LogP contribution in [-0.4, -0.2) is 28.0 Å². The topological polar surface area (TPSA) is 73.6 Å². The van der Waals surface area contributed by atoms with Gasteiger partial charge in [0.05, 0.1) is 18.5 Å². The third-order valence-corrected chi connectivity index (χ3v) is 6.35. The monoisotopic (exact) mass is 518 g/mol. The SMILES string of the molecule is CCCCn1nc(-c2cc(CCC(=O)O)ccc2OCc2cccc(Cl)c2)cc1-c1ccccc1OC. The molecule has 0 saturated carbocycles. The fourth-order valence-electron chi connectivity index (χ4n) is 4.20. The van der Waals surface area contributed by atoms with Gasteiger partial charge in [0.1, 0.15) is 18.1 Å². The Kier molecular flexibility index (Phi) is 8.86. The number of para-hydroxylation sites is 1. The van der Waals surface area contributed by atoms with Crippen molar-refractivity contribution in [1.29, 1.82) is 0 Å². The Morgan fingerprint density at radius 3 is 2.57 bits per heavy atom. The minimum Gasteiger partial charge on any atom is -0.496 e. The molecule has 192 valence electrons. The number of aromatic nitrogens is 2. The standard InChI is InChI=1S/C30H31ClN2O4/c1-3-4-16-33-27(24-10-5-6-11-28(24)36-2)19-26(32-33)25-18-21(13-15-30(34)35)12-14-29(25)37-20-22-8-7-9-23(31)17-22/h5-12,14,17-19H,3-4,13,15-16,20H2,1-2H3,(H,34,35). The quantitative estimate of drug-likeness (QED) is 0.213. The Labute approximate surface area is 222 Å². The number of ether oxygens (including phenoxy) is 2. The second-order valence-electron chi connectivity index (χ2n) is 8.83. The predicted octanol–water partition coefficient (Wildman–Crippen LogP) is 7.28. The molecule has 4 aromatic rings. The summed E-state index contributed by atoms with van der Waals surface area (Å²) in [6, 6.07) is 23.3. The van der Waals surface area contributed by atoms with E-state index in [0.717, 1.165) is 58.8 Å². The number of aryl methyl sites for hydroxylation is 2. The highest BCUT2D eigenvalue weighted by Gasteiger charge is 2.18. The number of unbranched alkanes of at least 4 members (excludes halogenated alkanes) is 1. The maximum absolute atomic E-state index is 11.2. The smallest absolute Gasteiger partial charge is 0.303 e. The minimum absolute atomic E-state index is 0.0551. The summed E-state index contributed by atoms with van der Waals surface area (Å²) in [4.78, 5) is 11.2. The molecule has 3 aromatic carbocycles. The van der Waals surface area contributed by atoms with Crippen molar-refractivity contribution in [2.75, 3.05) is 7.11 Å². The molecule has 0 bridgehead atoms. The molecule has 0 unspecified atom stereocenters. The highest BCUT2D eigenvalue weighted by Crippen LogP contribution is 2.37. The number of nitrogens with zero attached hydrogens (tertiary/aromatic N) is 2. The summed E-state index contributed by atoms with van der Waals surface area (Å²) < 4.78 is 13.9. The lowest BCUT2D eigenvalue weighted by Gasteiger charge is -2.12. The second-order valence-corrected chi connectivity index (χ2v) is 9.27. The molecule has 0 fully saturated rings. The van der Waals surface area contributed by atoms with Crippen molar-refractivity contribution in [3.05, 3.63) is 88.9 Å². The number of carboxylic acid groups (broad SMARTS) is 1. The Morgan fingerprint density at radius 2 is 1.81 bits per heavy atom. The van der Waals surface area contributed by atoms with Crippen LogP contribution in [0.15, 0.2) is 72.8 Å². The van der Waals surface area contributed by atoms with E-state index in [1.165, 1.54) is 0 Å². The average Bonchev–Trinajstić information content (AvgIpc) is 3.33. The van der Waals surface area contributed by atoms with E-state index in [9.17, 15) is 9.90 Å². The molecule has 4 rings (SSSR count). The molecular weight excluding hydrogens is 488 g/mol. The van der Waals surface area contributed by atoms with E-state index in [0.29, 0.717) is 23.8 Å². The number of carboxylic acids is 1. The van der Waals surface area contributed by atoms with Crippen LogP contribution in [0.4, 0.5) is 0 Å². The minimum atomic E-state index is -0.829. The highest BCUT2D eigenvalue weighted by molar-refractivity contribution is 6.30. The number of methoxy groups -OCH3 is 1. The summed E-state index contributed by atoms with van der Waals surface area (Å²) in [6.07, 6.45) is 2.51. The number of halogens is 1. The molecule has 0 aliphatic rings. The van der Waals surface area contributed by atoms with Crippen LogP contribution in [0.25, 0.3) is 22.5 Å². The molecule has 0 aliphatic heterocycles. The normalized spacial score (nSPS) is 10.9.